The van der Waals surface area contributed by atoms with Crippen LogP contribution in [0.4, 0.5) is 5.69 Å². The Kier molecular flexibility index (Phi) is 5.23. The van der Waals surface area contributed by atoms with Gasteiger partial charge in [-0.3, -0.25) is 4.79 Å². The molecule has 0 bridgehead atoms. The summed E-state index contributed by atoms with van der Waals surface area (Å²) < 4.78 is 5.89. The topological polar surface area (TPSA) is 50.4 Å². The normalized spacial score (nSPS) is 15.8. The van der Waals surface area contributed by atoms with Gasteiger partial charge in [0.2, 0.25) is 0 Å². The molecule has 0 atom stereocenters. The molecule has 1 heterocycles. The van der Waals surface area contributed by atoms with Gasteiger partial charge in [0.15, 0.2) is 5.78 Å². The Morgan fingerprint density at radius 3 is 2.95 bits per heavy atom. The van der Waals surface area contributed by atoms with Crippen molar-refractivity contribution in [3.05, 3.63) is 23.8 Å². The van der Waals surface area contributed by atoms with Crippen LogP contribution < -0.4 is 15.4 Å². The van der Waals surface area contributed by atoms with Gasteiger partial charge >= 0.3 is 0 Å². The van der Waals surface area contributed by atoms with Gasteiger partial charge in [-0.1, -0.05) is 19.8 Å². The van der Waals surface area contributed by atoms with Crippen molar-refractivity contribution in [3.63, 3.8) is 0 Å². The molecule has 21 heavy (non-hydrogen) atoms. The van der Waals surface area contributed by atoms with Crippen molar-refractivity contribution in [2.75, 3.05) is 25.0 Å². The number of carbonyl (C=O) groups is 1. The third-order valence-electron chi connectivity index (χ3n) is 3.64. The summed E-state index contributed by atoms with van der Waals surface area (Å²) in [5, 5.41) is 6.54. The van der Waals surface area contributed by atoms with Gasteiger partial charge in [0.05, 0.1) is 18.8 Å². The Morgan fingerprint density at radius 1 is 1.38 bits per heavy atom. The fourth-order valence-electron chi connectivity index (χ4n) is 2.38. The molecule has 0 aliphatic carbocycles. The SMILES string of the molecule is CCCCCNCC(=O)c1ccc2c(c1)NCC(C)(C)O2. The molecule has 0 aromatic heterocycles. The standard InChI is InChI=1S/C17H26N2O2/c1-4-5-6-9-18-11-15(20)13-7-8-16-14(10-13)19-12-17(2,3)21-16/h7-8,10,18-19H,4-6,9,11-12H2,1-3H3. The van der Waals surface area contributed by atoms with Crippen molar-refractivity contribution in [2.24, 2.45) is 0 Å². The van der Waals surface area contributed by atoms with E-state index in [0.717, 1.165) is 36.5 Å². The van der Waals surface area contributed by atoms with Crippen LogP contribution in [0.25, 0.3) is 0 Å². The number of ketones is 1. The molecular weight excluding hydrogens is 264 g/mol. The Bertz CT molecular complexity index is 498. The lowest BCUT2D eigenvalue weighted by Gasteiger charge is -2.33. The maximum atomic E-state index is 12.2. The lowest BCUT2D eigenvalue weighted by Crippen LogP contribution is -2.40. The molecule has 116 valence electrons. The highest BCUT2D eigenvalue weighted by molar-refractivity contribution is 5.98. The molecule has 0 saturated carbocycles. The molecule has 0 amide bonds. The first kappa shape index (κ1) is 15.8. The van der Waals surface area contributed by atoms with Crippen LogP contribution >= 0.6 is 0 Å². The monoisotopic (exact) mass is 290 g/mol. The zero-order valence-corrected chi connectivity index (χ0v) is 13.3. The Labute approximate surface area is 127 Å². The van der Waals surface area contributed by atoms with Gasteiger partial charge in [-0.05, 0) is 45.0 Å². The van der Waals surface area contributed by atoms with E-state index in [4.69, 9.17) is 4.74 Å². The van der Waals surface area contributed by atoms with Gasteiger partial charge < -0.3 is 15.4 Å². The second-order valence-electron chi connectivity index (χ2n) is 6.23. The summed E-state index contributed by atoms with van der Waals surface area (Å²) >= 11 is 0. The summed E-state index contributed by atoms with van der Waals surface area (Å²) in [6, 6.07) is 5.62. The van der Waals surface area contributed by atoms with Crippen molar-refractivity contribution in [1.29, 1.82) is 0 Å². The highest BCUT2D eigenvalue weighted by Gasteiger charge is 2.26. The molecule has 0 spiro atoms. The number of Topliss-reactive ketones (excluding diaryl/α,β-unsaturated/α-hetero) is 1. The summed E-state index contributed by atoms with van der Waals surface area (Å²) in [5.41, 5.74) is 1.43. The van der Waals surface area contributed by atoms with Crippen LogP contribution in [0.5, 0.6) is 5.75 Å². The average Bonchev–Trinajstić information content (AvgIpc) is 2.45. The lowest BCUT2D eigenvalue weighted by molar-refractivity contribution is 0.0990. The van der Waals surface area contributed by atoms with E-state index in [0.29, 0.717) is 6.54 Å². The molecule has 0 saturated heterocycles. The number of fused-ring (bicyclic) bond motifs is 1. The van der Waals surface area contributed by atoms with Crippen molar-refractivity contribution in [3.8, 4) is 5.75 Å². The molecule has 1 aromatic rings. The Balaban J connectivity index is 1.91. The van der Waals surface area contributed by atoms with Crippen molar-refractivity contribution < 1.29 is 9.53 Å². The van der Waals surface area contributed by atoms with Crippen molar-refractivity contribution in [2.45, 2.75) is 45.6 Å². The highest BCUT2D eigenvalue weighted by atomic mass is 16.5. The quantitative estimate of drug-likeness (QED) is 0.598. The van der Waals surface area contributed by atoms with E-state index < -0.39 is 0 Å². The second-order valence-corrected chi connectivity index (χ2v) is 6.23. The van der Waals surface area contributed by atoms with Gasteiger partial charge in [0, 0.05) is 5.56 Å². The minimum atomic E-state index is -0.209. The van der Waals surface area contributed by atoms with E-state index in [1.54, 1.807) is 0 Å². The number of benzene rings is 1. The molecule has 0 unspecified atom stereocenters. The number of anilines is 1. The van der Waals surface area contributed by atoms with Crippen molar-refractivity contribution in [1.82, 2.24) is 5.32 Å². The molecule has 2 rings (SSSR count). The van der Waals surface area contributed by atoms with Crippen LogP contribution in [-0.4, -0.2) is 31.0 Å². The summed E-state index contributed by atoms with van der Waals surface area (Å²) in [4.78, 5) is 12.2. The van der Waals surface area contributed by atoms with Crippen LogP contribution in [0.3, 0.4) is 0 Å². The number of nitrogens with one attached hydrogen (secondary N) is 2. The van der Waals surface area contributed by atoms with Gasteiger partial charge in [-0.2, -0.15) is 0 Å². The maximum Gasteiger partial charge on any atom is 0.176 e. The summed E-state index contributed by atoms with van der Waals surface area (Å²) in [7, 11) is 0. The van der Waals surface area contributed by atoms with Crippen molar-refractivity contribution >= 4 is 11.5 Å². The number of hydrogen-bond donors (Lipinski definition) is 2. The van der Waals surface area contributed by atoms with Gasteiger partial charge in [-0.25, -0.2) is 0 Å². The van der Waals surface area contributed by atoms with E-state index in [9.17, 15) is 4.79 Å². The lowest BCUT2D eigenvalue weighted by atomic mass is 10.0. The summed E-state index contributed by atoms with van der Waals surface area (Å²) in [6.07, 6.45) is 3.53. The molecule has 1 aromatic carbocycles. The summed E-state index contributed by atoms with van der Waals surface area (Å²) in [5.74, 6) is 0.944. The molecule has 0 radical (unpaired) electrons. The first-order valence-corrected chi connectivity index (χ1v) is 7.83. The third-order valence-corrected chi connectivity index (χ3v) is 3.64. The van der Waals surface area contributed by atoms with E-state index in [1.807, 2.05) is 32.0 Å². The van der Waals surface area contributed by atoms with Gasteiger partial charge in [0.25, 0.3) is 0 Å². The average molecular weight is 290 g/mol. The Hall–Kier alpha value is -1.55. The minimum Gasteiger partial charge on any atom is -0.484 e. The minimum absolute atomic E-state index is 0.126. The van der Waals surface area contributed by atoms with E-state index in [1.165, 1.54) is 12.8 Å². The number of carbonyl (C=O) groups excluding carboxylic acids is 1. The second kappa shape index (κ2) is 6.94. The van der Waals surface area contributed by atoms with Gasteiger partial charge in [-0.15, -0.1) is 0 Å². The zero-order valence-electron chi connectivity index (χ0n) is 13.3. The number of unbranched alkanes of at least 4 members (excludes halogenated alkanes) is 2. The van der Waals surface area contributed by atoms with E-state index in [-0.39, 0.29) is 11.4 Å². The number of hydrogen-bond acceptors (Lipinski definition) is 4. The maximum absolute atomic E-state index is 12.2. The van der Waals surface area contributed by atoms with Crippen LogP contribution in [0.15, 0.2) is 18.2 Å². The smallest absolute Gasteiger partial charge is 0.176 e. The fourth-order valence-corrected chi connectivity index (χ4v) is 2.38. The summed E-state index contributed by atoms with van der Waals surface area (Å²) in [6.45, 7) is 8.31. The zero-order chi connectivity index (χ0) is 15.3. The molecule has 4 nitrogen and oxygen atoms in total. The van der Waals surface area contributed by atoms with Crippen LogP contribution in [0, 0.1) is 0 Å². The third kappa shape index (κ3) is 4.46. The first-order valence-electron chi connectivity index (χ1n) is 7.83. The predicted molar refractivity (Wildman–Crippen MR) is 86.4 cm³/mol. The molecular formula is C17H26N2O2. The van der Waals surface area contributed by atoms with Crippen LogP contribution in [0.2, 0.25) is 0 Å². The first-order chi connectivity index (χ1) is 10.0. The van der Waals surface area contributed by atoms with Crippen LogP contribution in [0.1, 0.15) is 50.4 Å². The molecule has 1 aliphatic rings. The molecule has 1 aliphatic heterocycles. The molecule has 0 fully saturated rings. The van der Waals surface area contributed by atoms with Gasteiger partial charge in [0.1, 0.15) is 11.4 Å². The van der Waals surface area contributed by atoms with E-state index >= 15 is 0 Å². The molecule has 4 heteroatoms. The predicted octanol–water partition coefficient (Wildman–Crippen LogP) is 3.23. The number of rotatable bonds is 7. The highest BCUT2D eigenvalue weighted by Crippen LogP contribution is 2.33. The Morgan fingerprint density at radius 2 is 2.19 bits per heavy atom. The van der Waals surface area contributed by atoms with Crippen LogP contribution in [-0.2, 0) is 0 Å². The number of ether oxygens (including phenoxy) is 1. The van der Waals surface area contributed by atoms with E-state index in [2.05, 4.69) is 17.6 Å². The largest absolute Gasteiger partial charge is 0.484 e. The fraction of sp³-hybridized carbons (Fsp3) is 0.588. The molecule has 2 N–H and O–H groups in total.